The highest BCUT2D eigenvalue weighted by Crippen LogP contribution is 2.26. The lowest BCUT2D eigenvalue weighted by molar-refractivity contribution is -0.130. The van der Waals surface area contributed by atoms with Gasteiger partial charge in [-0.2, -0.15) is 0 Å². The molecule has 3 rings (SSSR count). The van der Waals surface area contributed by atoms with Crippen molar-refractivity contribution in [3.05, 3.63) is 64.7 Å². The summed E-state index contributed by atoms with van der Waals surface area (Å²) in [7, 11) is 1.58. The van der Waals surface area contributed by atoms with Gasteiger partial charge in [0.15, 0.2) is 5.78 Å². The summed E-state index contributed by atoms with van der Waals surface area (Å²) in [5, 5.41) is 3.21. The number of carbonyl (C=O) groups excluding carboxylic acids is 3. The van der Waals surface area contributed by atoms with Crippen LogP contribution in [0, 0.1) is 5.92 Å². The lowest BCUT2D eigenvalue weighted by Gasteiger charge is -2.24. The summed E-state index contributed by atoms with van der Waals surface area (Å²) in [6.07, 6.45) is 0.134. The molecule has 1 aliphatic heterocycles. The number of hydrogen-bond donors (Lipinski definition) is 1. The molecule has 0 unspecified atom stereocenters. The van der Waals surface area contributed by atoms with Crippen LogP contribution in [-0.2, 0) is 14.3 Å². The van der Waals surface area contributed by atoms with E-state index in [1.807, 2.05) is 13.0 Å². The first-order chi connectivity index (χ1) is 13.9. The van der Waals surface area contributed by atoms with Gasteiger partial charge in [0.05, 0.1) is 24.3 Å². The Morgan fingerprint density at radius 1 is 1.24 bits per heavy atom. The third kappa shape index (κ3) is 4.83. The maximum absolute atomic E-state index is 12.9. The molecule has 2 atom stereocenters. The van der Waals surface area contributed by atoms with Crippen LogP contribution in [-0.4, -0.2) is 48.8 Å². The molecule has 7 heteroatoms. The van der Waals surface area contributed by atoms with E-state index < -0.39 is 5.92 Å². The first kappa shape index (κ1) is 21.0. The van der Waals surface area contributed by atoms with Crippen LogP contribution in [0.15, 0.2) is 48.5 Å². The zero-order chi connectivity index (χ0) is 21.0. The quantitative estimate of drug-likeness (QED) is 0.704. The summed E-state index contributed by atoms with van der Waals surface area (Å²) in [5.41, 5.74) is 1.19. The number of amides is 2. The Labute approximate surface area is 174 Å². The van der Waals surface area contributed by atoms with Gasteiger partial charge in [0.2, 0.25) is 11.8 Å². The molecule has 2 aromatic rings. The lowest BCUT2D eigenvalue weighted by Crippen LogP contribution is -2.38. The number of benzene rings is 2. The van der Waals surface area contributed by atoms with Gasteiger partial charge in [0.25, 0.3) is 0 Å². The van der Waals surface area contributed by atoms with Crippen molar-refractivity contribution in [1.29, 1.82) is 0 Å². The molecule has 1 saturated heterocycles. The average molecular weight is 415 g/mol. The van der Waals surface area contributed by atoms with E-state index in [0.29, 0.717) is 35.0 Å². The Bertz CT molecular complexity index is 916. The second-order valence-corrected chi connectivity index (χ2v) is 7.56. The Morgan fingerprint density at radius 2 is 1.97 bits per heavy atom. The van der Waals surface area contributed by atoms with E-state index in [1.54, 1.807) is 54.5 Å². The van der Waals surface area contributed by atoms with Crippen molar-refractivity contribution >= 4 is 34.9 Å². The van der Waals surface area contributed by atoms with Gasteiger partial charge in [0, 0.05) is 36.2 Å². The van der Waals surface area contributed by atoms with Crippen LogP contribution < -0.4 is 5.32 Å². The number of nitrogens with one attached hydrogen (secondary N) is 1. The topological polar surface area (TPSA) is 75.7 Å². The number of nitrogens with zero attached hydrogens (tertiary/aromatic N) is 1. The highest BCUT2D eigenvalue weighted by atomic mass is 35.5. The van der Waals surface area contributed by atoms with Crippen LogP contribution in [0.5, 0.6) is 0 Å². The number of methoxy groups -OCH3 is 1. The lowest BCUT2D eigenvalue weighted by atomic mass is 10.0. The summed E-state index contributed by atoms with van der Waals surface area (Å²) in [5.74, 6) is -1.10. The van der Waals surface area contributed by atoms with E-state index in [4.69, 9.17) is 16.3 Å². The normalized spacial score (nSPS) is 17.3. The summed E-state index contributed by atoms with van der Waals surface area (Å²) in [6.45, 7) is 2.62. The Kier molecular flexibility index (Phi) is 6.67. The zero-order valence-corrected chi connectivity index (χ0v) is 17.1. The fourth-order valence-corrected chi connectivity index (χ4v) is 3.63. The van der Waals surface area contributed by atoms with Crippen molar-refractivity contribution in [1.82, 2.24) is 4.90 Å². The number of hydrogen-bond acceptors (Lipinski definition) is 4. The predicted octanol–water partition coefficient (Wildman–Crippen LogP) is 3.39. The molecule has 29 heavy (non-hydrogen) atoms. The van der Waals surface area contributed by atoms with Gasteiger partial charge in [0.1, 0.15) is 0 Å². The van der Waals surface area contributed by atoms with Crippen LogP contribution >= 0.6 is 11.6 Å². The van der Waals surface area contributed by atoms with Crippen molar-refractivity contribution in [2.24, 2.45) is 5.92 Å². The van der Waals surface area contributed by atoms with Crippen molar-refractivity contribution in [3.8, 4) is 0 Å². The highest BCUT2D eigenvalue weighted by Gasteiger charge is 2.36. The summed E-state index contributed by atoms with van der Waals surface area (Å²) >= 11 is 6.09. The second-order valence-electron chi connectivity index (χ2n) is 7.13. The molecule has 0 aromatic heterocycles. The van der Waals surface area contributed by atoms with Gasteiger partial charge in [-0.15, -0.1) is 0 Å². The summed E-state index contributed by atoms with van der Waals surface area (Å²) < 4.78 is 5.11. The number of anilines is 1. The molecular formula is C22H23ClN2O4. The van der Waals surface area contributed by atoms with Gasteiger partial charge < -0.3 is 15.0 Å². The number of halogens is 1. The molecule has 0 radical (unpaired) electrons. The van der Waals surface area contributed by atoms with Gasteiger partial charge in [-0.25, -0.2) is 0 Å². The molecule has 1 fully saturated rings. The van der Waals surface area contributed by atoms with Crippen molar-refractivity contribution in [3.63, 3.8) is 0 Å². The van der Waals surface area contributed by atoms with E-state index in [0.717, 1.165) is 0 Å². The second kappa shape index (κ2) is 9.20. The van der Waals surface area contributed by atoms with Crippen molar-refractivity contribution in [2.45, 2.75) is 19.4 Å². The monoisotopic (exact) mass is 414 g/mol. The van der Waals surface area contributed by atoms with Crippen molar-refractivity contribution < 1.29 is 19.1 Å². The number of rotatable bonds is 7. The molecule has 6 nitrogen and oxygen atoms in total. The van der Waals surface area contributed by atoms with Crippen LogP contribution in [0.4, 0.5) is 5.69 Å². The summed E-state index contributed by atoms with van der Waals surface area (Å²) in [6, 6.07) is 13.5. The van der Waals surface area contributed by atoms with Crippen LogP contribution in [0.25, 0.3) is 0 Å². The standard InChI is InChI=1S/C22H23ClN2O4/c1-14(13-29-2)25-12-16(10-20(25)26)22(28)24-19-9-8-17(23)11-18(19)21(27)15-6-4-3-5-7-15/h3-9,11,14,16H,10,12-13H2,1-2H3,(H,24,28)/t14-,16-/m1/s1. The van der Waals surface area contributed by atoms with E-state index in [-0.39, 0.29) is 30.1 Å². The number of ketones is 1. The SMILES string of the molecule is COC[C@@H](C)N1C[C@H](C(=O)Nc2ccc(Cl)cc2C(=O)c2ccccc2)CC1=O. The predicted molar refractivity (Wildman–Crippen MR) is 111 cm³/mol. The maximum atomic E-state index is 12.9. The molecule has 152 valence electrons. The first-order valence-corrected chi connectivity index (χ1v) is 9.77. The minimum Gasteiger partial charge on any atom is -0.383 e. The molecule has 1 N–H and O–H groups in total. The largest absolute Gasteiger partial charge is 0.383 e. The fraction of sp³-hybridized carbons (Fsp3) is 0.318. The molecular weight excluding hydrogens is 392 g/mol. The Morgan fingerprint density at radius 3 is 2.66 bits per heavy atom. The molecule has 1 heterocycles. The smallest absolute Gasteiger partial charge is 0.229 e. The third-order valence-electron chi connectivity index (χ3n) is 4.99. The fourth-order valence-electron chi connectivity index (χ4n) is 3.46. The van der Waals surface area contributed by atoms with Crippen LogP contribution in [0.2, 0.25) is 5.02 Å². The van der Waals surface area contributed by atoms with E-state index in [1.165, 1.54) is 0 Å². The van der Waals surface area contributed by atoms with E-state index in [2.05, 4.69) is 5.32 Å². The van der Waals surface area contributed by atoms with Crippen molar-refractivity contribution in [2.75, 3.05) is 25.6 Å². The summed E-state index contributed by atoms with van der Waals surface area (Å²) in [4.78, 5) is 39.7. The average Bonchev–Trinajstić information content (AvgIpc) is 3.11. The minimum atomic E-state index is -0.489. The molecule has 0 aliphatic carbocycles. The molecule has 0 bridgehead atoms. The molecule has 2 amide bonds. The third-order valence-corrected chi connectivity index (χ3v) is 5.22. The van der Waals surface area contributed by atoms with Gasteiger partial charge in [-0.05, 0) is 25.1 Å². The number of ether oxygens (including phenoxy) is 1. The first-order valence-electron chi connectivity index (χ1n) is 9.39. The number of likely N-dealkylation sites (tertiary alicyclic amines) is 1. The van der Waals surface area contributed by atoms with Gasteiger partial charge >= 0.3 is 0 Å². The molecule has 2 aromatic carbocycles. The molecule has 1 aliphatic rings. The minimum absolute atomic E-state index is 0.0774. The van der Waals surface area contributed by atoms with Crippen LogP contribution in [0.1, 0.15) is 29.3 Å². The highest BCUT2D eigenvalue weighted by molar-refractivity contribution is 6.31. The zero-order valence-electron chi connectivity index (χ0n) is 16.4. The number of carbonyl (C=O) groups is 3. The maximum Gasteiger partial charge on any atom is 0.229 e. The van der Waals surface area contributed by atoms with Gasteiger partial charge in [-0.3, -0.25) is 14.4 Å². The molecule has 0 spiro atoms. The van der Waals surface area contributed by atoms with E-state index in [9.17, 15) is 14.4 Å². The Balaban J connectivity index is 1.78. The Hall–Kier alpha value is -2.70. The van der Waals surface area contributed by atoms with Crippen LogP contribution in [0.3, 0.4) is 0 Å². The van der Waals surface area contributed by atoms with E-state index >= 15 is 0 Å². The van der Waals surface area contributed by atoms with Gasteiger partial charge in [-0.1, -0.05) is 41.9 Å². The molecule has 0 saturated carbocycles.